The van der Waals surface area contributed by atoms with Crippen molar-refractivity contribution < 1.29 is 28.1 Å². The summed E-state index contributed by atoms with van der Waals surface area (Å²) in [4.78, 5) is 12.5. The van der Waals surface area contributed by atoms with Crippen LogP contribution in [0.1, 0.15) is 18.6 Å². The maximum absolute atomic E-state index is 13.3. The number of hydrogen-bond acceptors (Lipinski definition) is 6. The molecule has 4 aromatic rings. The first kappa shape index (κ1) is 26.1. The second-order valence-electron chi connectivity index (χ2n) is 8.47. The highest BCUT2D eigenvalue weighted by Crippen LogP contribution is 2.30. The fourth-order valence-corrected chi connectivity index (χ4v) is 3.97. The van der Waals surface area contributed by atoms with Crippen molar-refractivity contribution in [2.24, 2.45) is 0 Å². The van der Waals surface area contributed by atoms with E-state index in [2.05, 4.69) is 10.4 Å². The summed E-state index contributed by atoms with van der Waals surface area (Å²) in [6, 6.07) is 18.9. The van der Waals surface area contributed by atoms with Gasteiger partial charge < -0.3 is 24.3 Å². The number of methoxy groups -OCH3 is 2. The van der Waals surface area contributed by atoms with E-state index in [1.54, 1.807) is 37.2 Å². The molecule has 37 heavy (non-hydrogen) atoms. The Hall–Kier alpha value is -3.95. The molecule has 9 heteroatoms. The van der Waals surface area contributed by atoms with Gasteiger partial charge >= 0.3 is 0 Å². The van der Waals surface area contributed by atoms with E-state index in [0.717, 1.165) is 22.2 Å². The molecule has 0 aliphatic rings. The summed E-state index contributed by atoms with van der Waals surface area (Å²) in [6.07, 6.45) is 1.22. The average molecular weight is 508 g/mol. The lowest BCUT2D eigenvalue weighted by Gasteiger charge is -2.27. The van der Waals surface area contributed by atoms with Gasteiger partial charge in [0.2, 0.25) is 5.91 Å². The minimum absolute atomic E-state index is 0.0763. The maximum atomic E-state index is 13.3. The van der Waals surface area contributed by atoms with Gasteiger partial charge in [0.05, 0.1) is 43.8 Å². The molecule has 8 nitrogen and oxygen atoms in total. The maximum Gasteiger partial charge on any atom is 0.246 e. The molecule has 1 aromatic heterocycles. The van der Waals surface area contributed by atoms with Crippen molar-refractivity contribution >= 4 is 16.8 Å². The Morgan fingerprint density at radius 1 is 1.03 bits per heavy atom. The van der Waals surface area contributed by atoms with Gasteiger partial charge in [0.1, 0.15) is 30.0 Å². The summed E-state index contributed by atoms with van der Waals surface area (Å²) in [5.41, 5.74) is 2.45. The van der Waals surface area contributed by atoms with Crippen molar-refractivity contribution in [3.63, 3.8) is 0 Å². The van der Waals surface area contributed by atoms with Crippen molar-refractivity contribution in [2.75, 3.05) is 34.0 Å². The highest BCUT2D eigenvalue weighted by Gasteiger charge is 2.24. The van der Waals surface area contributed by atoms with Gasteiger partial charge in [-0.2, -0.15) is 5.10 Å². The summed E-state index contributed by atoms with van der Waals surface area (Å²) in [7, 11) is 3.18. The lowest BCUT2D eigenvalue weighted by atomic mass is 10.0. The average Bonchev–Trinajstić information content (AvgIpc) is 3.33. The Bertz CT molecular complexity index is 1330. The van der Waals surface area contributed by atoms with E-state index in [4.69, 9.17) is 18.9 Å². The summed E-state index contributed by atoms with van der Waals surface area (Å²) >= 11 is 0. The van der Waals surface area contributed by atoms with E-state index in [1.165, 1.54) is 12.1 Å². The summed E-state index contributed by atoms with van der Waals surface area (Å²) in [5.74, 6) is 0.735. The predicted octanol–water partition coefficient (Wildman–Crippen LogP) is 4.46. The quantitative estimate of drug-likeness (QED) is 0.285. The largest absolute Gasteiger partial charge is 0.497 e. The molecule has 0 aliphatic carbocycles. The second-order valence-corrected chi connectivity index (χ2v) is 8.47. The van der Waals surface area contributed by atoms with E-state index in [1.807, 2.05) is 49.4 Å². The Morgan fingerprint density at radius 2 is 1.84 bits per heavy atom. The number of carbonyl (C=O) groups excluding carboxylic acids is 1. The van der Waals surface area contributed by atoms with Crippen LogP contribution in [0.3, 0.4) is 0 Å². The number of carbonyl (C=O) groups is 1. The van der Waals surface area contributed by atoms with E-state index in [0.29, 0.717) is 24.7 Å². The van der Waals surface area contributed by atoms with Gasteiger partial charge in [0.25, 0.3) is 0 Å². The van der Waals surface area contributed by atoms with Crippen LogP contribution < -0.4 is 14.8 Å². The van der Waals surface area contributed by atoms with Crippen molar-refractivity contribution in [3.05, 3.63) is 84.3 Å². The molecule has 1 amide bonds. The van der Waals surface area contributed by atoms with Crippen molar-refractivity contribution in [1.29, 1.82) is 0 Å². The molecule has 194 valence electrons. The first-order valence-electron chi connectivity index (χ1n) is 11.9. The second kappa shape index (κ2) is 12.3. The third-order valence-electron chi connectivity index (χ3n) is 5.80. The van der Waals surface area contributed by atoms with Crippen LogP contribution in [0.25, 0.3) is 16.6 Å². The van der Waals surface area contributed by atoms with Crippen molar-refractivity contribution in [1.82, 2.24) is 15.1 Å². The van der Waals surface area contributed by atoms with E-state index in [9.17, 15) is 9.18 Å². The van der Waals surface area contributed by atoms with Gasteiger partial charge in [0.15, 0.2) is 0 Å². The number of ether oxygens (including phenoxy) is 4. The summed E-state index contributed by atoms with van der Waals surface area (Å²) in [6.45, 7) is 2.55. The number of nitrogens with zero attached hydrogens (tertiary/aromatic N) is 2. The van der Waals surface area contributed by atoms with E-state index < -0.39 is 6.10 Å². The molecule has 0 saturated carbocycles. The van der Waals surface area contributed by atoms with Crippen LogP contribution in [0.4, 0.5) is 4.39 Å². The highest BCUT2D eigenvalue weighted by molar-refractivity contribution is 5.82. The molecule has 2 unspecified atom stereocenters. The predicted molar refractivity (Wildman–Crippen MR) is 138 cm³/mol. The fraction of sp³-hybridized carbons (Fsp3) is 0.286. The lowest BCUT2D eigenvalue weighted by Crippen LogP contribution is -2.41. The van der Waals surface area contributed by atoms with Gasteiger partial charge in [-0.25, -0.2) is 9.07 Å². The van der Waals surface area contributed by atoms with Crippen molar-refractivity contribution in [3.8, 4) is 17.2 Å². The molecule has 0 radical (unpaired) electrons. The molecule has 0 aliphatic heterocycles. The fourth-order valence-electron chi connectivity index (χ4n) is 3.97. The van der Waals surface area contributed by atoms with Crippen LogP contribution in [-0.4, -0.2) is 55.8 Å². The van der Waals surface area contributed by atoms with Gasteiger partial charge in [-0.3, -0.25) is 4.79 Å². The third-order valence-corrected chi connectivity index (χ3v) is 5.80. The van der Waals surface area contributed by atoms with Crippen LogP contribution in [-0.2, 0) is 14.3 Å². The Labute approximate surface area is 214 Å². The normalized spacial score (nSPS) is 12.8. The first-order chi connectivity index (χ1) is 18.0. The molecular formula is C28H30FN3O5. The minimum atomic E-state index is -0.511. The van der Waals surface area contributed by atoms with Gasteiger partial charge in [0, 0.05) is 12.5 Å². The number of nitrogens with one attached hydrogen (secondary N) is 1. The molecule has 1 heterocycles. The minimum Gasteiger partial charge on any atom is -0.497 e. The van der Waals surface area contributed by atoms with Gasteiger partial charge in [-0.1, -0.05) is 12.1 Å². The number of rotatable bonds is 12. The zero-order valence-corrected chi connectivity index (χ0v) is 21.0. The monoisotopic (exact) mass is 507 g/mol. The molecule has 0 fully saturated rings. The summed E-state index contributed by atoms with van der Waals surface area (Å²) in [5, 5.41) is 8.27. The van der Waals surface area contributed by atoms with Crippen molar-refractivity contribution in [2.45, 2.75) is 19.1 Å². The summed E-state index contributed by atoms with van der Waals surface area (Å²) < 4.78 is 37.2. The highest BCUT2D eigenvalue weighted by atomic mass is 19.1. The molecular weight excluding hydrogens is 477 g/mol. The van der Waals surface area contributed by atoms with Crippen LogP contribution in [0.15, 0.2) is 72.9 Å². The Balaban J connectivity index is 1.56. The van der Waals surface area contributed by atoms with Crippen LogP contribution in [0, 0.1) is 5.82 Å². The van der Waals surface area contributed by atoms with Crippen LogP contribution in [0.2, 0.25) is 0 Å². The topological polar surface area (TPSA) is 83.8 Å². The number of hydrogen-bond donors (Lipinski definition) is 1. The van der Waals surface area contributed by atoms with Crippen LogP contribution in [0.5, 0.6) is 11.5 Å². The number of aromatic nitrogens is 2. The Kier molecular flexibility index (Phi) is 8.71. The molecule has 4 rings (SSSR count). The molecule has 0 bridgehead atoms. The number of benzene rings is 3. The van der Waals surface area contributed by atoms with Gasteiger partial charge in [-0.15, -0.1) is 0 Å². The molecule has 1 N–H and O–H groups in total. The number of fused-ring (bicyclic) bond motifs is 1. The molecule has 3 aromatic carbocycles. The van der Waals surface area contributed by atoms with E-state index >= 15 is 0 Å². The number of amides is 1. The lowest BCUT2D eigenvalue weighted by molar-refractivity contribution is -0.127. The van der Waals surface area contributed by atoms with E-state index in [-0.39, 0.29) is 24.4 Å². The SMILES string of the molecule is COCCOCC(=O)NC(C)C(Oc1ccc2c(cnn2-c2ccc(F)cc2)c1)c1cccc(OC)c1. The number of halogens is 1. The smallest absolute Gasteiger partial charge is 0.246 e. The molecule has 0 saturated heterocycles. The Morgan fingerprint density at radius 3 is 2.59 bits per heavy atom. The van der Waals surface area contributed by atoms with Gasteiger partial charge in [-0.05, 0) is 67.1 Å². The molecule has 2 atom stereocenters. The first-order valence-corrected chi connectivity index (χ1v) is 11.9. The third kappa shape index (κ3) is 6.63. The molecule has 0 spiro atoms. The zero-order chi connectivity index (χ0) is 26.2. The standard InChI is InChI=1S/C28H30FN3O5/c1-19(31-27(33)18-36-14-13-34-2)28(20-5-4-6-24(15-20)35-3)37-25-11-12-26-21(16-25)17-30-32(26)23-9-7-22(29)8-10-23/h4-12,15-17,19,28H,13-14,18H2,1-3H3,(H,31,33). The zero-order valence-electron chi connectivity index (χ0n) is 21.0. The van der Waals surface area contributed by atoms with Crippen LogP contribution >= 0.6 is 0 Å².